The maximum absolute atomic E-state index is 12.3. The molecule has 1 fully saturated rings. The minimum Gasteiger partial charge on any atom is -0.376 e. The fourth-order valence-electron chi connectivity index (χ4n) is 4.36. The Morgan fingerprint density at radius 2 is 1.88 bits per heavy atom. The van der Waals surface area contributed by atoms with E-state index < -0.39 is 0 Å². The van der Waals surface area contributed by atoms with Crippen LogP contribution in [-0.4, -0.2) is 18.5 Å². The van der Waals surface area contributed by atoms with Gasteiger partial charge in [0.25, 0.3) is 0 Å². The minimum atomic E-state index is 0.108. The van der Waals surface area contributed by atoms with Crippen molar-refractivity contribution in [3.63, 3.8) is 0 Å². The molecule has 0 saturated heterocycles. The van der Waals surface area contributed by atoms with Gasteiger partial charge in [0, 0.05) is 17.1 Å². The van der Waals surface area contributed by atoms with Gasteiger partial charge in [0.05, 0.1) is 6.54 Å². The van der Waals surface area contributed by atoms with E-state index in [9.17, 15) is 4.79 Å². The van der Waals surface area contributed by atoms with Gasteiger partial charge in [-0.05, 0) is 54.2 Å². The highest BCUT2D eigenvalue weighted by Gasteiger charge is 2.22. The topological polar surface area (TPSA) is 41.1 Å². The van der Waals surface area contributed by atoms with Crippen molar-refractivity contribution < 1.29 is 4.79 Å². The molecule has 2 N–H and O–H groups in total. The molecule has 2 atom stereocenters. The summed E-state index contributed by atoms with van der Waals surface area (Å²) >= 11 is 0. The van der Waals surface area contributed by atoms with Crippen LogP contribution >= 0.6 is 0 Å². The molecule has 0 heterocycles. The number of hydrogen-bond donors (Lipinski definition) is 2. The van der Waals surface area contributed by atoms with Crippen LogP contribution in [0.3, 0.4) is 0 Å². The lowest BCUT2D eigenvalue weighted by Crippen LogP contribution is -2.43. The third-order valence-corrected chi connectivity index (χ3v) is 5.77. The standard InChI is InChI=1S/C21H26N2O/c1-14-5-2-3-8-18(14)23-20(24)13-22-19-12-11-16-10-9-15-6-4-7-17(19)21(15)16/h4,6-7,11-12,14,18,22H,2-3,5,8-10,13H2,1H3,(H,23,24)/t14-,18+/m1/s1. The quantitative estimate of drug-likeness (QED) is 0.892. The molecule has 126 valence electrons. The highest BCUT2D eigenvalue weighted by molar-refractivity contribution is 6.00. The lowest BCUT2D eigenvalue weighted by Gasteiger charge is -2.29. The zero-order valence-corrected chi connectivity index (χ0v) is 14.4. The van der Waals surface area contributed by atoms with Crippen molar-refractivity contribution in [2.45, 2.75) is 51.5 Å². The van der Waals surface area contributed by atoms with E-state index in [2.05, 4.69) is 47.9 Å². The molecule has 0 unspecified atom stereocenters. The molecule has 2 aliphatic rings. The summed E-state index contributed by atoms with van der Waals surface area (Å²) in [5.74, 6) is 0.705. The van der Waals surface area contributed by atoms with Crippen LogP contribution in [0.2, 0.25) is 0 Å². The normalized spacial score (nSPS) is 22.5. The highest BCUT2D eigenvalue weighted by atomic mass is 16.2. The molecule has 1 saturated carbocycles. The first-order valence-electron chi connectivity index (χ1n) is 9.29. The molecule has 3 nitrogen and oxygen atoms in total. The predicted molar refractivity (Wildman–Crippen MR) is 99.4 cm³/mol. The summed E-state index contributed by atoms with van der Waals surface area (Å²) in [6, 6.07) is 11.2. The van der Waals surface area contributed by atoms with E-state index in [-0.39, 0.29) is 5.91 Å². The summed E-state index contributed by atoms with van der Waals surface area (Å²) in [6.45, 7) is 2.60. The Hall–Kier alpha value is -2.03. The zero-order valence-electron chi connectivity index (χ0n) is 14.4. The molecule has 2 aliphatic carbocycles. The average molecular weight is 322 g/mol. The molecule has 0 bridgehead atoms. The number of rotatable bonds is 4. The Balaban J connectivity index is 1.45. The van der Waals surface area contributed by atoms with Gasteiger partial charge in [0.1, 0.15) is 0 Å². The Morgan fingerprint density at radius 1 is 1.08 bits per heavy atom. The highest BCUT2D eigenvalue weighted by Crippen LogP contribution is 2.34. The van der Waals surface area contributed by atoms with Crippen LogP contribution in [0, 0.1) is 5.92 Å². The number of anilines is 1. The fourth-order valence-corrected chi connectivity index (χ4v) is 4.36. The Kier molecular flexibility index (Phi) is 4.17. The van der Waals surface area contributed by atoms with Gasteiger partial charge in [-0.1, -0.05) is 44.0 Å². The van der Waals surface area contributed by atoms with Crippen LogP contribution in [-0.2, 0) is 17.6 Å². The Morgan fingerprint density at radius 3 is 2.71 bits per heavy atom. The van der Waals surface area contributed by atoms with E-state index in [4.69, 9.17) is 0 Å². The van der Waals surface area contributed by atoms with Crippen molar-refractivity contribution >= 4 is 22.4 Å². The van der Waals surface area contributed by atoms with E-state index in [1.807, 2.05) is 0 Å². The summed E-state index contributed by atoms with van der Waals surface area (Å²) in [5.41, 5.74) is 3.95. The van der Waals surface area contributed by atoms with Crippen molar-refractivity contribution in [2.24, 2.45) is 5.92 Å². The summed E-state index contributed by atoms with van der Waals surface area (Å²) in [6.07, 6.45) is 7.15. The first kappa shape index (κ1) is 15.5. The lowest BCUT2D eigenvalue weighted by atomic mass is 9.86. The number of carbonyl (C=O) groups excluding carboxylic acids is 1. The first-order valence-corrected chi connectivity index (χ1v) is 9.29. The van der Waals surface area contributed by atoms with Crippen LogP contribution < -0.4 is 10.6 Å². The van der Waals surface area contributed by atoms with Crippen molar-refractivity contribution in [2.75, 3.05) is 11.9 Å². The van der Waals surface area contributed by atoms with Crippen LogP contribution in [0.4, 0.5) is 5.69 Å². The second kappa shape index (κ2) is 6.46. The van der Waals surface area contributed by atoms with E-state index in [0.29, 0.717) is 18.5 Å². The van der Waals surface area contributed by atoms with Crippen molar-refractivity contribution in [3.8, 4) is 0 Å². The second-order valence-corrected chi connectivity index (χ2v) is 7.40. The molecule has 2 aromatic rings. The van der Waals surface area contributed by atoms with Crippen LogP contribution in [0.25, 0.3) is 10.8 Å². The lowest BCUT2D eigenvalue weighted by molar-refractivity contribution is -0.120. The number of nitrogens with one attached hydrogen (secondary N) is 2. The maximum Gasteiger partial charge on any atom is 0.239 e. The SMILES string of the molecule is C[C@@H]1CCCC[C@@H]1NC(=O)CNc1ccc2c3c(cccc13)CC2. The largest absolute Gasteiger partial charge is 0.376 e. The molecule has 3 heteroatoms. The summed E-state index contributed by atoms with van der Waals surface area (Å²) < 4.78 is 0. The monoisotopic (exact) mass is 322 g/mol. The Labute approximate surface area is 143 Å². The number of benzene rings is 2. The average Bonchev–Trinajstić information content (AvgIpc) is 3.01. The molecule has 0 spiro atoms. The predicted octanol–water partition coefficient (Wildman–Crippen LogP) is 4.05. The second-order valence-electron chi connectivity index (χ2n) is 7.40. The smallest absolute Gasteiger partial charge is 0.239 e. The van der Waals surface area contributed by atoms with Crippen molar-refractivity contribution in [1.82, 2.24) is 5.32 Å². The number of carbonyl (C=O) groups is 1. The summed E-state index contributed by atoms with van der Waals surface area (Å²) in [5, 5.41) is 9.23. The molecule has 1 amide bonds. The van der Waals surface area contributed by atoms with Gasteiger partial charge in [0.15, 0.2) is 0 Å². The van der Waals surface area contributed by atoms with Gasteiger partial charge >= 0.3 is 0 Å². The van der Waals surface area contributed by atoms with Crippen molar-refractivity contribution in [3.05, 3.63) is 41.5 Å². The molecule has 24 heavy (non-hydrogen) atoms. The third kappa shape index (κ3) is 2.88. The third-order valence-electron chi connectivity index (χ3n) is 5.77. The summed E-state index contributed by atoms with van der Waals surface area (Å²) in [7, 11) is 0. The molecular weight excluding hydrogens is 296 g/mol. The number of hydrogen-bond acceptors (Lipinski definition) is 2. The van der Waals surface area contributed by atoms with E-state index >= 15 is 0 Å². The first-order chi connectivity index (χ1) is 11.7. The van der Waals surface area contributed by atoms with E-state index in [0.717, 1.165) is 24.9 Å². The Bertz CT molecular complexity index is 758. The van der Waals surface area contributed by atoms with Gasteiger partial charge in [-0.3, -0.25) is 4.79 Å². The van der Waals surface area contributed by atoms with E-state index in [1.165, 1.54) is 41.2 Å². The minimum absolute atomic E-state index is 0.108. The molecule has 2 aromatic carbocycles. The molecular formula is C21H26N2O. The summed E-state index contributed by atoms with van der Waals surface area (Å²) in [4.78, 5) is 12.3. The molecule has 0 aromatic heterocycles. The zero-order chi connectivity index (χ0) is 16.5. The van der Waals surface area contributed by atoms with Gasteiger partial charge in [-0.2, -0.15) is 0 Å². The molecule has 0 aliphatic heterocycles. The maximum atomic E-state index is 12.3. The van der Waals surface area contributed by atoms with Gasteiger partial charge in [-0.25, -0.2) is 0 Å². The van der Waals surface area contributed by atoms with Gasteiger partial charge < -0.3 is 10.6 Å². The number of aryl methyl sites for hydroxylation is 2. The van der Waals surface area contributed by atoms with Crippen LogP contribution in [0.1, 0.15) is 43.7 Å². The van der Waals surface area contributed by atoms with Gasteiger partial charge in [0.2, 0.25) is 5.91 Å². The number of amides is 1. The van der Waals surface area contributed by atoms with Crippen molar-refractivity contribution in [1.29, 1.82) is 0 Å². The van der Waals surface area contributed by atoms with E-state index in [1.54, 1.807) is 0 Å². The molecule has 0 radical (unpaired) electrons. The molecule has 4 rings (SSSR count). The van der Waals surface area contributed by atoms with Gasteiger partial charge in [-0.15, -0.1) is 0 Å². The van der Waals surface area contributed by atoms with Crippen LogP contribution in [0.5, 0.6) is 0 Å². The fraction of sp³-hybridized carbons (Fsp3) is 0.476. The van der Waals surface area contributed by atoms with Crippen LogP contribution in [0.15, 0.2) is 30.3 Å².